The van der Waals surface area contributed by atoms with Gasteiger partial charge in [0.05, 0.1) is 5.88 Å². The molecule has 0 saturated carbocycles. The number of alkyl halides is 1. The molecule has 1 heterocycles. The summed E-state index contributed by atoms with van der Waals surface area (Å²) in [4.78, 5) is 14.0. The first-order valence-corrected chi connectivity index (χ1v) is 9.54. The largest absolute Gasteiger partial charge is 0.492 e. The number of halogens is 1. The molecule has 4 nitrogen and oxygen atoms in total. The molecular formula is C21H24ClNO3. The third kappa shape index (κ3) is 5.15. The number of ether oxygens (including phenoxy) is 2. The van der Waals surface area contributed by atoms with Gasteiger partial charge in [-0.3, -0.25) is 0 Å². The fourth-order valence-corrected chi connectivity index (χ4v) is 3.28. The van der Waals surface area contributed by atoms with E-state index in [4.69, 9.17) is 21.1 Å². The Hall–Kier alpha value is -2.20. The van der Waals surface area contributed by atoms with Crippen LogP contribution in [0.5, 0.6) is 5.75 Å². The van der Waals surface area contributed by atoms with Crippen LogP contribution in [-0.4, -0.2) is 36.6 Å². The van der Waals surface area contributed by atoms with E-state index in [2.05, 4.69) is 12.1 Å². The van der Waals surface area contributed by atoms with Gasteiger partial charge in [-0.2, -0.15) is 0 Å². The summed E-state index contributed by atoms with van der Waals surface area (Å²) >= 11 is 5.63. The number of carbonyl (C=O) groups is 1. The van der Waals surface area contributed by atoms with Gasteiger partial charge in [0, 0.05) is 13.1 Å². The maximum absolute atomic E-state index is 12.2. The van der Waals surface area contributed by atoms with Crippen molar-refractivity contribution in [3.05, 3.63) is 65.7 Å². The molecule has 0 unspecified atom stereocenters. The van der Waals surface area contributed by atoms with Crippen LogP contribution in [-0.2, 0) is 11.3 Å². The number of likely N-dealkylation sites (tertiary alicyclic amines) is 1. The second kappa shape index (κ2) is 9.48. The zero-order valence-electron chi connectivity index (χ0n) is 14.8. The second-order valence-corrected chi connectivity index (χ2v) is 6.79. The zero-order valence-corrected chi connectivity index (χ0v) is 15.5. The first-order chi connectivity index (χ1) is 12.8. The summed E-state index contributed by atoms with van der Waals surface area (Å²) in [6.07, 6.45) is 1.67. The molecule has 0 N–H and O–H groups in total. The van der Waals surface area contributed by atoms with Gasteiger partial charge in [-0.15, -0.1) is 11.6 Å². The van der Waals surface area contributed by atoms with Crippen molar-refractivity contribution in [3.63, 3.8) is 0 Å². The Labute approximate surface area is 159 Å². The summed E-state index contributed by atoms with van der Waals surface area (Å²) < 4.78 is 10.9. The molecule has 5 heteroatoms. The highest BCUT2D eigenvalue weighted by Crippen LogP contribution is 2.29. The molecule has 0 spiro atoms. The molecule has 1 aliphatic rings. The number of amides is 1. The maximum atomic E-state index is 12.2. The van der Waals surface area contributed by atoms with Crippen molar-refractivity contribution in [2.75, 3.05) is 25.6 Å². The van der Waals surface area contributed by atoms with E-state index in [0.29, 0.717) is 25.0 Å². The van der Waals surface area contributed by atoms with Gasteiger partial charge >= 0.3 is 6.09 Å². The van der Waals surface area contributed by atoms with Gasteiger partial charge in [0.25, 0.3) is 0 Å². The lowest BCUT2D eigenvalue weighted by molar-refractivity contribution is 0.0870. The van der Waals surface area contributed by atoms with Gasteiger partial charge in [-0.25, -0.2) is 4.79 Å². The monoisotopic (exact) mass is 373 g/mol. The molecule has 138 valence electrons. The highest BCUT2D eigenvalue weighted by molar-refractivity contribution is 6.18. The minimum absolute atomic E-state index is 0.225. The minimum Gasteiger partial charge on any atom is -0.492 e. The average molecular weight is 374 g/mol. The summed E-state index contributed by atoms with van der Waals surface area (Å²) in [5.74, 6) is 1.80. The van der Waals surface area contributed by atoms with Crippen LogP contribution in [0.1, 0.15) is 29.9 Å². The van der Waals surface area contributed by atoms with Crippen LogP contribution in [0.25, 0.3) is 0 Å². The Morgan fingerprint density at radius 1 is 1.04 bits per heavy atom. The van der Waals surface area contributed by atoms with Gasteiger partial charge in [-0.05, 0) is 42.0 Å². The Morgan fingerprint density at radius 2 is 1.73 bits per heavy atom. The number of benzene rings is 2. The molecule has 2 aromatic carbocycles. The SMILES string of the molecule is O=C(OCc1ccccc1)N1CCC(c2ccc(OCCCl)cc2)CC1. The maximum Gasteiger partial charge on any atom is 0.410 e. The molecule has 0 atom stereocenters. The van der Waals surface area contributed by atoms with E-state index in [-0.39, 0.29) is 6.09 Å². The van der Waals surface area contributed by atoms with E-state index >= 15 is 0 Å². The smallest absolute Gasteiger partial charge is 0.410 e. The predicted octanol–water partition coefficient (Wildman–Crippen LogP) is 4.82. The van der Waals surface area contributed by atoms with Crippen LogP contribution in [0.2, 0.25) is 0 Å². The van der Waals surface area contributed by atoms with Gasteiger partial charge in [0.2, 0.25) is 0 Å². The topological polar surface area (TPSA) is 38.8 Å². The lowest BCUT2D eigenvalue weighted by Crippen LogP contribution is -2.38. The molecule has 1 aliphatic heterocycles. The molecule has 26 heavy (non-hydrogen) atoms. The standard InChI is InChI=1S/C21H24ClNO3/c22-12-15-25-20-8-6-18(7-9-20)19-10-13-23(14-11-19)21(24)26-16-17-4-2-1-3-5-17/h1-9,19H,10-16H2. The Kier molecular flexibility index (Phi) is 6.78. The highest BCUT2D eigenvalue weighted by atomic mass is 35.5. The Bertz CT molecular complexity index is 682. The van der Waals surface area contributed by atoms with Crippen molar-refractivity contribution in [2.24, 2.45) is 0 Å². The second-order valence-electron chi connectivity index (χ2n) is 6.41. The van der Waals surface area contributed by atoms with Gasteiger partial charge < -0.3 is 14.4 Å². The Balaban J connectivity index is 1.45. The summed E-state index contributed by atoms with van der Waals surface area (Å²) in [6.45, 7) is 2.29. The van der Waals surface area contributed by atoms with Gasteiger partial charge in [0.15, 0.2) is 0 Å². The summed E-state index contributed by atoms with van der Waals surface area (Å²) in [7, 11) is 0. The fraction of sp³-hybridized carbons (Fsp3) is 0.381. The first kappa shape index (κ1) is 18.6. The van der Waals surface area contributed by atoms with Crippen molar-refractivity contribution in [2.45, 2.75) is 25.4 Å². The van der Waals surface area contributed by atoms with Crippen LogP contribution in [0, 0.1) is 0 Å². The molecular weight excluding hydrogens is 350 g/mol. The van der Waals surface area contributed by atoms with Crippen LogP contribution < -0.4 is 4.74 Å². The van der Waals surface area contributed by atoms with Crippen LogP contribution in [0.15, 0.2) is 54.6 Å². The normalized spacial score (nSPS) is 14.9. The lowest BCUT2D eigenvalue weighted by Gasteiger charge is -2.31. The van der Waals surface area contributed by atoms with Crippen molar-refractivity contribution < 1.29 is 14.3 Å². The van der Waals surface area contributed by atoms with E-state index in [0.717, 1.165) is 37.2 Å². The van der Waals surface area contributed by atoms with Crippen molar-refractivity contribution in [1.29, 1.82) is 0 Å². The average Bonchev–Trinajstić information content (AvgIpc) is 2.72. The zero-order chi connectivity index (χ0) is 18.2. The van der Waals surface area contributed by atoms with Crippen LogP contribution >= 0.6 is 11.6 Å². The predicted molar refractivity (Wildman–Crippen MR) is 103 cm³/mol. The molecule has 1 fully saturated rings. The van der Waals surface area contributed by atoms with Gasteiger partial charge in [0.1, 0.15) is 19.0 Å². The fourth-order valence-electron chi connectivity index (χ4n) is 3.20. The number of piperidine rings is 1. The third-order valence-corrected chi connectivity index (χ3v) is 4.81. The number of hydrogen-bond donors (Lipinski definition) is 0. The summed E-state index contributed by atoms with van der Waals surface area (Å²) in [5, 5.41) is 0. The molecule has 1 amide bonds. The van der Waals surface area contributed by atoms with E-state index in [1.54, 1.807) is 4.90 Å². The van der Waals surface area contributed by atoms with E-state index < -0.39 is 0 Å². The van der Waals surface area contributed by atoms with E-state index in [9.17, 15) is 4.79 Å². The van der Waals surface area contributed by atoms with Crippen LogP contribution in [0.3, 0.4) is 0 Å². The molecule has 0 bridgehead atoms. The minimum atomic E-state index is -0.225. The molecule has 2 aromatic rings. The molecule has 3 rings (SSSR count). The number of rotatable bonds is 6. The van der Waals surface area contributed by atoms with Crippen molar-refractivity contribution in [1.82, 2.24) is 4.90 Å². The van der Waals surface area contributed by atoms with E-state index in [1.807, 2.05) is 42.5 Å². The van der Waals surface area contributed by atoms with Gasteiger partial charge in [-0.1, -0.05) is 42.5 Å². The van der Waals surface area contributed by atoms with E-state index in [1.165, 1.54) is 5.56 Å². The summed E-state index contributed by atoms with van der Waals surface area (Å²) in [5.41, 5.74) is 2.30. The Morgan fingerprint density at radius 3 is 2.38 bits per heavy atom. The van der Waals surface area contributed by atoms with Crippen LogP contribution in [0.4, 0.5) is 4.79 Å². The third-order valence-electron chi connectivity index (χ3n) is 4.66. The quantitative estimate of drug-likeness (QED) is 0.681. The summed E-state index contributed by atoms with van der Waals surface area (Å²) in [6, 6.07) is 18.0. The molecule has 1 saturated heterocycles. The highest BCUT2D eigenvalue weighted by Gasteiger charge is 2.24. The van der Waals surface area contributed by atoms with Crippen molar-refractivity contribution >= 4 is 17.7 Å². The molecule has 0 aromatic heterocycles. The number of carbonyl (C=O) groups excluding carboxylic acids is 1. The lowest BCUT2D eigenvalue weighted by atomic mass is 9.89. The van der Waals surface area contributed by atoms with Crippen molar-refractivity contribution in [3.8, 4) is 5.75 Å². The molecule has 0 radical (unpaired) electrons. The number of hydrogen-bond acceptors (Lipinski definition) is 3. The number of nitrogens with zero attached hydrogens (tertiary/aromatic N) is 1. The molecule has 0 aliphatic carbocycles. The first-order valence-electron chi connectivity index (χ1n) is 9.00.